The Balaban J connectivity index is 3.34. The standard InChI is InChI=1S/C11H15F2NO3/c1-16-9-3-6(8(15)5-14)7(11(12)13)4-10(9)17-2/h3-4,8,11,15H,5,14H2,1-2H3. The number of aliphatic hydroxyl groups excluding tert-OH is 1. The van der Waals surface area contributed by atoms with E-state index in [1.54, 1.807) is 0 Å². The molecule has 1 aromatic carbocycles. The van der Waals surface area contributed by atoms with E-state index in [1.807, 2.05) is 0 Å². The normalized spacial score (nSPS) is 12.6. The van der Waals surface area contributed by atoms with Crippen LogP contribution in [0.2, 0.25) is 0 Å². The number of ether oxygens (including phenoxy) is 2. The Hall–Kier alpha value is -1.40. The van der Waals surface area contributed by atoms with E-state index in [2.05, 4.69) is 0 Å². The maximum Gasteiger partial charge on any atom is 0.264 e. The fourth-order valence-electron chi connectivity index (χ4n) is 1.51. The van der Waals surface area contributed by atoms with E-state index in [1.165, 1.54) is 20.3 Å². The number of hydrogen-bond donors (Lipinski definition) is 2. The molecule has 0 saturated carbocycles. The third-order valence-electron chi connectivity index (χ3n) is 2.41. The summed E-state index contributed by atoms with van der Waals surface area (Å²) in [6, 6.07) is 2.47. The smallest absolute Gasteiger partial charge is 0.264 e. The third kappa shape index (κ3) is 2.83. The molecule has 0 aliphatic carbocycles. The van der Waals surface area contributed by atoms with Gasteiger partial charge in [0.25, 0.3) is 6.43 Å². The third-order valence-corrected chi connectivity index (χ3v) is 2.41. The van der Waals surface area contributed by atoms with Crippen LogP contribution in [0.5, 0.6) is 11.5 Å². The molecule has 0 saturated heterocycles. The lowest BCUT2D eigenvalue weighted by Crippen LogP contribution is -2.14. The van der Waals surface area contributed by atoms with Crippen molar-refractivity contribution in [1.82, 2.24) is 0 Å². The average molecular weight is 247 g/mol. The van der Waals surface area contributed by atoms with Crippen molar-refractivity contribution in [2.75, 3.05) is 20.8 Å². The predicted molar refractivity (Wildman–Crippen MR) is 58.5 cm³/mol. The highest BCUT2D eigenvalue weighted by atomic mass is 19.3. The van der Waals surface area contributed by atoms with Crippen LogP contribution in [-0.4, -0.2) is 25.9 Å². The highest BCUT2D eigenvalue weighted by Gasteiger charge is 2.21. The molecule has 1 aromatic rings. The number of benzene rings is 1. The lowest BCUT2D eigenvalue weighted by atomic mass is 10.0. The number of halogens is 2. The topological polar surface area (TPSA) is 64.7 Å². The summed E-state index contributed by atoms with van der Waals surface area (Å²) in [4.78, 5) is 0. The van der Waals surface area contributed by atoms with Crippen LogP contribution in [0, 0.1) is 0 Å². The summed E-state index contributed by atoms with van der Waals surface area (Å²) in [6.07, 6.45) is -3.87. The molecular formula is C11H15F2NO3. The highest BCUT2D eigenvalue weighted by molar-refractivity contribution is 5.48. The van der Waals surface area contributed by atoms with Crippen molar-refractivity contribution < 1.29 is 23.4 Å². The predicted octanol–water partition coefficient (Wildman–Crippen LogP) is 1.63. The average Bonchev–Trinajstić information content (AvgIpc) is 2.35. The Kier molecular flexibility index (Phi) is 4.65. The van der Waals surface area contributed by atoms with Gasteiger partial charge in [0, 0.05) is 12.1 Å². The largest absolute Gasteiger partial charge is 0.493 e. The lowest BCUT2D eigenvalue weighted by molar-refractivity contribution is 0.137. The molecule has 0 aliphatic rings. The molecular weight excluding hydrogens is 232 g/mol. The molecule has 0 amide bonds. The minimum Gasteiger partial charge on any atom is -0.493 e. The molecule has 1 rings (SSSR count). The van der Waals surface area contributed by atoms with Crippen molar-refractivity contribution in [2.24, 2.45) is 5.73 Å². The van der Waals surface area contributed by atoms with E-state index in [4.69, 9.17) is 15.2 Å². The Morgan fingerprint density at radius 3 is 2.00 bits per heavy atom. The maximum atomic E-state index is 12.8. The van der Waals surface area contributed by atoms with Gasteiger partial charge in [-0.2, -0.15) is 0 Å². The number of methoxy groups -OCH3 is 2. The van der Waals surface area contributed by atoms with Crippen LogP contribution < -0.4 is 15.2 Å². The van der Waals surface area contributed by atoms with Crippen molar-refractivity contribution in [3.63, 3.8) is 0 Å². The van der Waals surface area contributed by atoms with E-state index in [9.17, 15) is 13.9 Å². The fraction of sp³-hybridized carbons (Fsp3) is 0.455. The Bertz CT molecular complexity index is 385. The van der Waals surface area contributed by atoms with E-state index in [0.29, 0.717) is 0 Å². The molecule has 0 heterocycles. The molecule has 3 N–H and O–H groups in total. The maximum absolute atomic E-state index is 12.8. The van der Waals surface area contributed by atoms with Gasteiger partial charge in [-0.25, -0.2) is 8.78 Å². The molecule has 6 heteroatoms. The van der Waals surface area contributed by atoms with Gasteiger partial charge < -0.3 is 20.3 Å². The molecule has 0 fully saturated rings. The summed E-state index contributed by atoms with van der Waals surface area (Å²) in [5, 5.41) is 9.59. The molecule has 0 aromatic heterocycles. The van der Waals surface area contributed by atoms with Gasteiger partial charge in [-0.15, -0.1) is 0 Å². The molecule has 1 unspecified atom stereocenters. The molecule has 0 spiro atoms. The Labute approximate surface area is 97.9 Å². The summed E-state index contributed by atoms with van der Waals surface area (Å²) in [5.41, 5.74) is 5.02. The first-order valence-electron chi connectivity index (χ1n) is 4.97. The number of alkyl halides is 2. The van der Waals surface area contributed by atoms with Crippen LogP contribution in [0.15, 0.2) is 12.1 Å². The van der Waals surface area contributed by atoms with Gasteiger partial charge in [0.05, 0.1) is 20.3 Å². The van der Waals surface area contributed by atoms with E-state index < -0.39 is 12.5 Å². The molecule has 0 bridgehead atoms. The molecule has 96 valence electrons. The zero-order valence-electron chi connectivity index (χ0n) is 9.61. The second-order valence-electron chi connectivity index (χ2n) is 3.39. The second-order valence-corrected chi connectivity index (χ2v) is 3.39. The van der Waals surface area contributed by atoms with Gasteiger partial charge >= 0.3 is 0 Å². The molecule has 4 nitrogen and oxygen atoms in total. The Morgan fingerprint density at radius 2 is 1.65 bits per heavy atom. The number of nitrogens with two attached hydrogens (primary N) is 1. The van der Waals surface area contributed by atoms with Crippen LogP contribution in [0.1, 0.15) is 23.7 Å². The SMILES string of the molecule is COc1cc(C(F)F)c(C(O)CN)cc1OC. The van der Waals surface area contributed by atoms with E-state index >= 15 is 0 Å². The monoisotopic (exact) mass is 247 g/mol. The van der Waals surface area contributed by atoms with Crippen LogP contribution in [0.3, 0.4) is 0 Å². The number of aliphatic hydroxyl groups is 1. The van der Waals surface area contributed by atoms with Gasteiger partial charge in [-0.1, -0.05) is 0 Å². The first-order chi connectivity index (χ1) is 8.04. The van der Waals surface area contributed by atoms with Crippen molar-refractivity contribution in [3.05, 3.63) is 23.3 Å². The van der Waals surface area contributed by atoms with Crippen LogP contribution >= 0.6 is 0 Å². The number of rotatable bonds is 5. The summed E-state index contributed by atoms with van der Waals surface area (Å²) in [5.74, 6) is 0.468. The van der Waals surface area contributed by atoms with Gasteiger partial charge in [-0.3, -0.25) is 0 Å². The van der Waals surface area contributed by atoms with Gasteiger partial charge in [0.1, 0.15) is 0 Å². The van der Waals surface area contributed by atoms with Crippen molar-refractivity contribution >= 4 is 0 Å². The fourth-order valence-corrected chi connectivity index (χ4v) is 1.51. The zero-order valence-corrected chi connectivity index (χ0v) is 9.61. The first kappa shape index (κ1) is 13.7. The molecule has 0 aliphatic heterocycles. The zero-order chi connectivity index (χ0) is 13.0. The van der Waals surface area contributed by atoms with Crippen LogP contribution in [0.25, 0.3) is 0 Å². The summed E-state index contributed by atoms with van der Waals surface area (Å²) in [7, 11) is 2.74. The van der Waals surface area contributed by atoms with Crippen LogP contribution in [0.4, 0.5) is 8.78 Å². The van der Waals surface area contributed by atoms with E-state index in [0.717, 1.165) is 6.07 Å². The van der Waals surface area contributed by atoms with Crippen molar-refractivity contribution in [3.8, 4) is 11.5 Å². The van der Waals surface area contributed by atoms with Crippen LogP contribution in [-0.2, 0) is 0 Å². The van der Waals surface area contributed by atoms with Gasteiger partial charge in [0.2, 0.25) is 0 Å². The molecule has 1 atom stereocenters. The first-order valence-corrected chi connectivity index (χ1v) is 4.97. The molecule has 0 radical (unpaired) electrons. The minimum absolute atomic E-state index is 0.0557. The van der Waals surface area contributed by atoms with Gasteiger partial charge in [-0.05, 0) is 17.7 Å². The molecule has 17 heavy (non-hydrogen) atoms. The van der Waals surface area contributed by atoms with Crippen molar-refractivity contribution in [2.45, 2.75) is 12.5 Å². The highest BCUT2D eigenvalue weighted by Crippen LogP contribution is 2.37. The summed E-state index contributed by atoms with van der Waals surface area (Å²) >= 11 is 0. The quantitative estimate of drug-likeness (QED) is 0.830. The van der Waals surface area contributed by atoms with Gasteiger partial charge in [0.15, 0.2) is 11.5 Å². The van der Waals surface area contributed by atoms with E-state index in [-0.39, 0.29) is 29.2 Å². The number of hydrogen-bond acceptors (Lipinski definition) is 4. The van der Waals surface area contributed by atoms with Crippen molar-refractivity contribution in [1.29, 1.82) is 0 Å². The second kappa shape index (κ2) is 5.79. The minimum atomic E-state index is -2.72. The summed E-state index contributed by atoms with van der Waals surface area (Å²) < 4.78 is 35.6. The Morgan fingerprint density at radius 1 is 1.18 bits per heavy atom. The summed E-state index contributed by atoms with van der Waals surface area (Å²) in [6.45, 7) is -0.144. The lowest BCUT2D eigenvalue weighted by Gasteiger charge is -2.17.